The number of nitrogens with zero attached hydrogens (tertiary/aromatic N) is 4. The van der Waals surface area contributed by atoms with Crippen molar-refractivity contribution >= 4 is 11.8 Å². The maximum atomic E-state index is 12.5. The van der Waals surface area contributed by atoms with Gasteiger partial charge in [0.1, 0.15) is 6.54 Å². The number of aromatic nitrogens is 3. The molecule has 2 aromatic heterocycles. The Labute approximate surface area is 159 Å². The first kappa shape index (κ1) is 19.8. The molecule has 28 heavy (non-hydrogen) atoms. The number of likely N-dealkylation sites (tertiary alicyclic amines) is 1. The summed E-state index contributed by atoms with van der Waals surface area (Å²) < 4.78 is 39.1. The molecular weight excluding hydrogens is 375 g/mol. The lowest BCUT2D eigenvalue weighted by molar-refractivity contribution is -0.157. The predicted molar refractivity (Wildman–Crippen MR) is 93.4 cm³/mol. The average molecular weight is 395 g/mol. The molecule has 1 aliphatic heterocycles. The van der Waals surface area contributed by atoms with Crippen LogP contribution >= 0.6 is 0 Å². The summed E-state index contributed by atoms with van der Waals surface area (Å²) in [7, 11) is 0. The third-order valence-electron chi connectivity index (χ3n) is 4.46. The van der Waals surface area contributed by atoms with Crippen LogP contribution in [0.25, 0.3) is 5.82 Å². The highest BCUT2D eigenvalue weighted by atomic mass is 19.4. The summed E-state index contributed by atoms with van der Waals surface area (Å²) in [5, 5.41) is 7.00. The molecular formula is C18H20F3N5O2. The standard InChI is InChI=1S/C18H20F3N5O2/c1-11-5-12(2)26(24-11)15-4-3-13(7-22-15)8-23-17(28)14-6-16(27)25(9-14)10-18(19,20)21/h3-5,7,14H,6,8-10H2,1-2H3,(H,23,28)/t14-/m1/s1. The third kappa shape index (κ3) is 4.68. The van der Waals surface area contributed by atoms with Crippen molar-refractivity contribution in [3.05, 3.63) is 41.3 Å². The second-order valence-electron chi connectivity index (χ2n) is 6.87. The number of alkyl halides is 3. The molecule has 150 valence electrons. The molecule has 2 amide bonds. The van der Waals surface area contributed by atoms with E-state index < -0.39 is 30.5 Å². The number of carbonyl (C=O) groups excluding carboxylic acids is 2. The van der Waals surface area contributed by atoms with Gasteiger partial charge < -0.3 is 10.2 Å². The molecule has 10 heteroatoms. The van der Waals surface area contributed by atoms with Gasteiger partial charge in [0.05, 0.1) is 11.6 Å². The number of hydrogen-bond acceptors (Lipinski definition) is 4. The topological polar surface area (TPSA) is 80.1 Å². The summed E-state index contributed by atoms with van der Waals surface area (Å²) in [5.74, 6) is -1.24. The summed E-state index contributed by atoms with van der Waals surface area (Å²) in [6.07, 6.45) is -3.08. The Morgan fingerprint density at radius 1 is 1.32 bits per heavy atom. The van der Waals surface area contributed by atoms with Crippen LogP contribution in [0.2, 0.25) is 0 Å². The summed E-state index contributed by atoms with van der Waals surface area (Å²) in [6, 6.07) is 5.49. The summed E-state index contributed by atoms with van der Waals surface area (Å²) in [6.45, 7) is 2.43. The van der Waals surface area contributed by atoms with Crippen molar-refractivity contribution in [2.75, 3.05) is 13.1 Å². The zero-order chi connectivity index (χ0) is 20.5. The largest absolute Gasteiger partial charge is 0.406 e. The van der Waals surface area contributed by atoms with Gasteiger partial charge in [-0.3, -0.25) is 9.59 Å². The molecule has 1 N–H and O–H groups in total. The molecule has 1 fully saturated rings. The first-order chi connectivity index (χ1) is 13.1. The van der Waals surface area contributed by atoms with E-state index in [-0.39, 0.29) is 19.5 Å². The number of rotatable bonds is 5. The fourth-order valence-corrected chi connectivity index (χ4v) is 3.16. The van der Waals surface area contributed by atoms with Gasteiger partial charge in [-0.05, 0) is 31.5 Å². The first-order valence-electron chi connectivity index (χ1n) is 8.73. The number of carbonyl (C=O) groups is 2. The Morgan fingerprint density at radius 3 is 2.64 bits per heavy atom. The van der Waals surface area contributed by atoms with Gasteiger partial charge in [-0.1, -0.05) is 6.07 Å². The minimum absolute atomic E-state index is 0.174. The lowest BCUT2D eigenvalue weighted by Crippen LogP contribution is -2.37. The molecule has 0 radical (unpaired) electrons. The number of amides is 2. The van der Waals surface area contributed by atoms with Gasteiger partial charge >= 0.3 is 6.18 Å². The molecule has 3 heterocycles. The lowest BCUT2D eigenvalue weighted by Gasteiger charge is -2.18. The molecule has 7 nitrogen and oxygen atoms in total. The fraction of sp³-hybridized carbons (Fsp3) is 0.444. The van der Waals surface area contributed by atoms with E-state index in [1.54, 1.807) is 23.0 Å². The molecule has 1 saturated heterocycles. The Balaban J connectivity index is 1.55. The van der Waals surface area contributed by atoms with Gasteiger partial charge in [0.25, 0.3) is 0 Å². The molecule has 0 unspecified atom stereocenters. The molecule has 0 saturated carbocycles. The van der Waals surface area contributed by atoms with Crippen molar-refractivity contribution in [2.24, 2.45) is 5.92 Å². The van der Waals surface area contributed by atoms with Gasteiger partial charge in [-0.25, -0.2) is 9.67 Å². The molecule has 2 aromatic rings. The van der Waals surface area contributed by atoms with Crippen LogP contribution in [0.3, 0.4) is 0 Å². The van der Waals surface area contributed by atoms with Crippen LogP contribution in [-0.4, -0.2) is 50.7 Å². The Kier molecular flexibility index (Phi) is 5.39. The smallest absolute Gasteiger partial charge is 0.352 e. The number of hydrogen-bond donors (Lipinski definition) is 1. The SMILES string of the molecule is Cc1cc(C)n(-c2ccc(CNC(=O)[C@@H]3CC(=O)N(CC(F)(F)F)C3)cn2)n1. The summed E-state index contributed by atoms with van der Waals surface area (Å²) in [5.41, 5.74) is 2.55. The normalized spacial score (nSPS) is 17.2. The van der Waals surface area contributed by atoms with Crippen molar-refractivity contribution in [3.63, 3.8) is 0 Å². The maximum Gasteiger partial charge on any atom is 0.406 e. The average Bonchev–Trinajstić information content (AvgIpc) is 3.13. The van der Waals surface area contributed by atoms with Crippen molar-refractivity contribution in [1.82, 2.24) is 25.0 Å². The van der Waals surface area contributed by atoms with Gasteiger partial charge in [0.2, 0.25) is 11.8 Å². The Morgan fingerprint density at radius 2 is 2.07 bits per heavy atom. The van der Waals surface area contributed by atoms with Crippen LogP contribution < -0.4 is 5.32 Å². The van der Waals surface area contributed by atoms with Crippen LogP contribution in [0.1, 0.15) is 23.4 Å². The van der Waals surface area contributed by atoms with Crippen LogP contribution in [0.4, 0.5) is 13.2 Å². The van der Waals surface area contributed by atoms with Gasteiger partial charge in [0, 0.05) is 31.4 Å². The highest BCUT2D eigenvalue weighted by molar-refractivity contribution is 5.89. The number of aryl methyl sites for hydroxylation is 2. The maximum absolute atomic E-state index is 12.5. The van der Waals surface area contributed by atoms with Crippen LogP contribution in [0.5, 0.6) is 0 Å². The van der Waals surface area contributed by atoms with Crippen LogP contribution in [0, 0.1) is 19.8 Å². The molecule has 1 aliphatic rings. The Bertz CT molecular complexity index is 876. The molecule has 0 bridgehead atoms. The van der Waals surface area contributed by atoms with Crippen molar-refractivity contribution in [2.45, 2.75) is 33.0 Å². The van der Waals surface area contributed by atoms with E-state index >= 15 is 0 Å². The van der Waals surface area contributed by atoms with E-state index in [1.807, 2.05) is 19.9 Å². The minimum Gasteiger partial charge on any atom is -0.352 e. The van der Waals surface area contributed by atoms with E-state index in [9.17, 15) is 22.8 Å². The zero-order valence-electron chi connectivity index (χ0n) is 15.5. The van der Waals surface area contributed by atoms with E-state index in [0.717, 1.165) is 17.0 Å². The van der Waals surface area contributed by atoms with Gasteiger partial charge in [-0.15, -0.1) is 0 Å². The quantitative estimate of drug-likeness (QED) is 0.839. The van der Waals surface area contributed by atoms with Gasteiger partial charge in [-0.2, -0.15) is 18.3 Å². The lowest BCUT2D eigenvalue weighted by atomic mass is 10.1. The highest BCUT2D eigenvalue weighted by Gasteiger charge is 2.40. The second kappa shape index (κ2) is 7.61. The molecule has 3 rings (SSSR count). The number of pyridine rings is 1. The van der Waals surface area contributed by atoms with Crippen molar-refractivity contribution < 1.29 is 22.8 Å². The van der Waals surface area contributed by atoms with Gasteiger partial charge in [0.15, 0.2) is 5.82 Å². The number of halogens is 3. The monoisotopic (exact) mass is 395 g/mol. The predicted octanol–water partition coefficient (Wildman–Crippen LogP) is 1.91. The summed E-state index contributed by atoms with van der Waals surface area (Å²) in [4.78, 5) is 28.9. The fourth-order valence-electron chi connectivity index (χ4n) is 3.16. The van der Waals surface area contributed by atoms with E-state index in [4.69, 9.17) is 0 Å². The minimum atomic E-state index is -4.47. The Hall–Kier alpha value is -2.91. The third-order valence-corrected chi connectivity index (χ3v) is 4.46. The van der Waals surface area contributed by atoms with Crippen LogP contribution in [0.15, 0.2) is 24.4 Å². The van der Waals surface area contributed by atoms with E-state index in [1.165, 1.54) is 0 Å². The van der Waals surface area contributed by atoms with Crippen molar-refractivity contribution in [1.29, 1.82) is 0 Å². The van der Waals surface area contributed by atoms with Crippen LogP contribution in [-0.2, 0) is 16.1 Å². The molecule has 0 spiro atoms. The number of nitrogens with one attached hydrogen (secondary N) is 1. The summed E-state index contributed by atoms with van der Waals surface area (Å²) >= 11 is 0. The zero-order valence-corrected chi connectivity index (χ0v) is 15.5. The van der Waals surface area contributed by atoms with E-state index in [2.05, 4.69) is 15.4 Å². The van der Waals surface area contributed by atoms with Crippen molar-refractivity contribution in [3.8, 4) is 5.82 Å². The van der Waals surface area contributed by atoms with E-state index in [0.29, 0.717) is 10.7 Å². The molecule has 0 aromatic carbocycles. The first-order valence-corrected chi connectivity index (χ1v) is 8.73. The second-order valence-corrected chi connectivity index (χ2v) is 6.87. The molecule has 1 atom stereocenters. The highest BCUT2D eigenvalue weighted by Crippen LogP contribution is 2.24. The molecule has 0 aliphatic carbocycles.